The minimum atomic E-state index is -0.341. The number of rotatable bonds is 5. The van der Waals surface area contributed by atoms with Gasteiger partial charge in [-0.3, -0.25) is 4.79 Å². The molecular formula is C14H18N4O. The van der Waals surface area contributed by atoms with Gasteiger partial charge in [0.05, 0.1) is 6.20 Å². The summed E-state index contributed by atoms with van der Waals surface area (Å²) in [5.41, 5.74) is 0. The molecule has 0 bridgehead atoms. The summed E-state index contributed by atoms with van der Waals surface area (Å²) in [4.78, 5) is 11.8. The van der Waals surface area contributed by atoms with Crippen molar-refractivity contribution in [3.8, 4) is 0 Å². The van der Waals surface area contributed by atoms with Crippen molar-refractivity contribution in [2.75, 3.05) is 11.9 Å². The molecular weight excluding hydrogens is 240 g/mol. The maximum absolute atomic E-state index is 11.8. The molecule has 0 aliphatic heterocycles. The highest BCUT2D eigenvalue weighted by atomic mass is 16.2. The lowest BCUT2D eigenvalue weighted by molar-refractivity contribution is -0.121. The zero-order chi connectivity index (χ0) is 13.7. The number of nitrogens with one attached hydrogen (secondary N) is 2. The van der Waals surface area contributed by atoms with Gasteiger partial charge in [-0.15, -0.1) is 5.10 Å². The van der Waals surface area contributed by atoms with Crippen molar-refractivity contribution in [1.29, 1.82) is 0 Å². The van der Waals surface area contributed by atoms with Gasteiger partial charge < -0.3 is 10.6 Å². The van der Waals surface area contributed by atoms with Gasteiger partial charge in [-0.2, -0.15) is 5.10 Å². The summed E-state index contributed by atoms with van der Waals surface area (Å²) in [6.07, 6.45) is 2.63. The van der Waals surface area contributed by atoms with Crippen LogP contribution in [0.4, 0.5) is 5.82 Å². The Balaban J connectivity index is 2.15. The first-order valence-corrected chi connectivity index (χ1v) is 6.47. The third-order valence-corrected chi connectivity index (χ3v) is 2.87. The maximum Gasteiger partial charge on any atom is 0.242 e. The van der Waals surface area contributed by atoms with E-state index >= 15 is 0 Å². The van der Waals surface area contributed by atoms with Gasteiger partial charge in [0.2, 0.25) is 5.91 Å². The minimum absolute atomic E-state index is 0.0309. The molecule has 1 atom stereocenters. The second kappa shape index (κ2) is 6.13. The van der Waals surface area contributed by atoms with Gasteiger partial charge in [0.15, 0.2) is 5.82 Å². The van der Waals surface area contributed by atoms with Crippen LogP contribution in [0.25, 0.3) is 10.8 Å². The zero-order valence-electron chi connectivity index (χ0n) is 11.2. The minimum Gasteiger partial charge on any atom is -0.357 e. The number of benzene rings is 1. The van der Waals surface area contributed by atoms with E-state index in [2.05, 4.69) is 20.8 Å². The number of amides is 1. The highest BCUT2D eigenvalue weighted by molar-refractivity contribution is 5.93. The van der Waals surface area contributed by atoms with Crippen molar-refractivity contribution in [3.63, 3.8) is 0 Å². The number of hydrogen-bond acceptors (Lipinski definition) is 4. The number of anilines is 1. The van der Waals surface area contributed by atoms with E-state index in [1.54, 1.807) is 6.20 Å². The largest absolute Gasteiger partial charge is 0.357 e. The number of aromatic nitrogens is 2. The highest BCUT2D eigenvalue weighted by Gasteiger charge is 2.13. The van der Waals surface area contributed by atoms with Gasteiger partial charge in [0.25, 0.3) is 0 Å². The van der Waals surface area contributed by atoms with Crippen LogP contribution in [0.1, 0.15) is 20.3 Å². The van der Waals surface area contributed by atoms with E-state index in [9.17, 15) is 4.79 Å². The van der Waals surface area contributed by atoms with Crippen LogP contribution < -0.4 is 10.6 Å². The van der Waals surface area contributed by atoms with Gasteiger partial charge in [-0.05, 0) is 13.3 Å². The van der Waals surface area contributed by atoms with Crippen molar-refractivity contribution in [3.05, 3.63) is 30.5 Å². The smallest absolute Gasteiger partial charge is 0.242 e. The van der Waals surface area contributed by atoms with Crippen LogP contribution in [-0.2, 0) is 4.79 Å². The Morgan fingerprint density at radius 1 is 1.37 bits per heavy atom. The quantitative estimate of drug-likeness (QED) is 0.860. The third kappa shape index (κ3) is 3.19. The van der Waals surface area contributed by atoms with E-state index in [1.807, 2.05) is 38.1 Å². The molecule has 0 spiro atoms. The molecule has 0 aliphatic rings. The van der Waals surface area contributed by atoms with Crippen molar-refractivity contribution < 1.29 is 4.79 Å². The molecule has 0 saturated carbocycles. The van der Waals surface area contributed by atoms with Gasteiger partial charge in [0.1, 0.15) is 6.04 Å². The molecule has 0 fully saturated rings. The van der Waals surface area contributed by atoms with Gasteiger partial charge in [-0.25, -0.2) is 0 Å². The maximum atomic E-state index is 11.8. The van der Waals surface area contributed by atoms with Gasteiger partial charge >= 0.3 is 0 Å². The van der Waals surface area contributed by atoms with E-state index < -0.39 is 0 Å². The fraction of sp³-hybridized carbons (Fsp3) is 0.357. The number of hydrogen-bond donors (Lipinski definition) is 2. The summed E-state index contributed by atoms with van der Waals surface area (Å²) >= 11 is 0. The first kappa shape index (κ1) is 13.3. The van der Waals surface area contributed by atoms with E-state index in [0.29, 0.717) is 12.4 Å². The first-order valence-electron chi connectivity index (χ1n) is 6.47. The molecule has 1 unspecified atom stereocenters. The van der Waals surface area contributed by atoms with E-state index in [-0.39, 0.29) is 11.9 Å². The summed E-state index contributed by atoms with van der Waals surface area (Å²) in [6, 6.07) is 7.48. The van der Waals surface area contributed by atoms with E-state index in [4.69, 9.17) is 0 Å². The van der Waals surface area contributed by atoms with Gasteiger partial charge in [0, 0.05) is 17.3 Å². The average Bonchev–Trinajstić information content (AvgIpc) is 2.45. The fourth-order valence-electron chi connectivity index (χ4n) is 1.81. The molecule has 2 aromatic rings. The second-order valence-electron chi connectivity index (χ2n) is 4.44. The lowest BCUT2D eigenvalue weighted by atomic mass is 10.2. The summed E-state index contributed by atoms with van der Waals surface area (Å²) in [5.74, 6) is 0.605. The number of nitrogens with zero attached hydrogens (tertiary/aromatic N) is 2. The topological polar surface area (TPSA) is 66.9 Å². The Morgan fingerprint density at radius 3 is 2.95 bits per heavy atom. The molecule has 2 N–H and O–H groups in total. The molecule has 5 heteroatoms. The SMILES string of the molecule is CCCNC(=O)C(C)Nc1nncc2ccccc12. The van der Waals surface area contributed by atoms with Crippen LogP contribution in [0.3, 0.4) is 0 Å². The summed E-state index contributed by atoms with van der Waals surface area (Å²) < 4.78 is 0. The third-order valence-electron chi connectivity index (χ3n) is 2.87. The molecule has 5 nitrogen and oxygen atoms in total. The molecule has 0 aliphatic carbocycles. The van der Waals surface area contributed by atoms with Gasteiger partial charge in [-0.1, -0.05) is 31.2 Å². The summed E-state index contributed by atoms with van der Waals surface area (Å²) in [5, 5.41) is 15.9. The molecule has 1 heterocycles. The number of carbonyl (C=O) groups is 1. The Bertz CT molecular complexity index is 565. The summed E-state index contributed by atoms with van der Waals surface area (Å²) in [6.45, 7) is 4.52. The predicted molar refractivity (Wildman–Crippen MR) is 75.9 cm³/mol. The molecule has 100 valence electrons. The monoisotopic (exact) mass is 258 g/mol. The fourth-order valence-corrected chi connectivity index (χ4v) is 1.81. The van der Waals surface area contributed by atoms with Crippen LogP contribution in [0.5, 0.6) is 0 Å². The zero-order valence-corrected chi connectivity index (χ0v) is 11.2. The Hall–Kier alpha value is -2.17. The van der Waals surface area contributed by atoms with Crippen LogP contribution in [0.15, 0.2) is 30.5 Å². The van der Waals surface area contributed by atoms with Crippen molar-refractivity contribution in [1.82, 2.24) is 15.5 Å². The molecule has 19 heavy (non-hydrogen) atoms. The first-order chi connectivity index (χ1) is 9.22. The Labute approximate surface area is 112 Å². The molecule has 1 aromatic carbocycles. The lowest BCUT2D eigenvalue weighted by Crippen LogP contribution is -2.38. The molecule has 0 saturated heterocycles. The van der Waals surface area contributed by atoms with Crippen molar-refractivity contribution in [2.45, 2.75) is 26.3 Å². The van der Waals surface area contributed by atoms with Crippen LogP contribution >= 0.6 is 0 Å². The highest BCUT2D eigenvalue weighted by Crippen LogP contribution is 2.19. The van der Waals surface area contributed by atoms with Crippen LogP contribution in [0, 0.1) is 0 Å². The number of carbonyl (C=O) groups excluding carboxylic acids is 1. The lowest BCUT2D eigenvalue weighted by Gasteiger charge is -2.15. The summed E-state index contributed by atoms with van der Waals surface area (Å²) in [7, 11) is 0. The van der Waals surface area contributed by atoms with Crippen molar-refractivity contribution >= 4 is 22.5 Å². The van der Waals surface area contributed by atoms with Crippen LogP contribution in [0.2, 0.25) is 0 Å². The average molecular weight is 258 g/mol. The Kier molecular flexibility index (Phi) is 4.28. The second-order valence-corrected chi connectivity index (χ2v) is 4.44. The molecule has 1 aromatic heterocycles. The normalized spacial score (nSPS) is 12.1. The van der Waals surface area contributed by atoms with Crippen LogP contribution in [-0.4, -0.2) is 28.7 Å². The van der Waals surface area contributed by atoms with E-state index in [0.717, 1.165) is 17.2 Å². The standard InChI is InChI=1S/C14H18N4O/c1-3-8-15-14(19)10(2)17-13-12-7-5-4-6-11(12)9-16-18-13/h4-7,9-10H,3,8H2,1-2H3,(H,15,19)(H,17,18). The number of fused-ring (bicyclic) bond motifs is 1. The van der Waals surface area contributed by atoms with E-state index in [1.165, 1.54) is 0 Å². The van der Waals surface area contributed by atoms with Crippen molar-refractivity contribution in [2.24, 2.45) is 0 Å². The molecule has 1 amide bonds. The Morgan fingerprint density at radius 2 is 2.16 bits per heavy atom. The molecule has 0 radical (unpaired) electrons. The predicted octanol–water partition coefficient (Wildman–Crippen LogP) is 1.96. The molecule has 2 rings (SSSR count).